The van der Waals surface area contributed by atoms with Crippen molar-refractivity contribution in [2.75, 3.05) is 0 Å². The van der Waals surface area contributed by atoms with Gasteiger partial charge in [-0.1, -0.05) is 12.1 Å². The monoisotopic (exact) mass is 288 g/mol. The summed E-state index contributed by atoms with van der Waals surface area (Å²) in [6.07, 6.45) is 0.321. The lowest BCUT2D eigenvalue weighted by molar-refractivity contribution is 0.112. The maximum atomic E-state index is 13.4. The van der Waals surface area contributed by atoms with Gasteiger partial charge in [-0.2, -0.15) is 8.78 Å². The highest BCUT2D eigenvalue weighted by Crippen LogP contribution is 2.33. The van der Waals surface area contributed by atoms with Gasteiger partial charge in [0.25, 0.3) is 0 Å². The molecule has 0 radical (unpaired) electrons. The molecule has 0 spiro atoms. The van der Waals surface area contributed by atoms with Crippen molar-refractivity contribution >= 4 is 6.29 Å². The molecule has 0 amide bonds. The first-order valence-corrected chi connectivity index (χ1v) is 5.20. The summed E-state index contributed by atoms with van der Waals surface area (Å²) in [4.78, 5) is 10.7. The molecule has 0 fully saturated rings. The molecule has 0 atom stereocenters. The second-order valence-corrected chi connectivity index (χ2v) is 3.66. The molecule has 0 N–H and O–H groups in total. The zero-order chi connectivity index (χ0) is 14.9. The number of para-hydroxylation sites is 1. The first kappa shape index (κ1) is 14.0. The standard InChI is InChI=1S/C13H5F5O2/c14-8-9(15)11(17)13(12(18)10(8)16)20-7-4-2-1-3-6(7)5-19/h1-5H. The van der Waals surface area contributed by atoms with E-state index < -0.39 is 34.8 Å². The molecular formula is C13H5F5O2. The van der Waals surface area contributed by atoms with Crippen molar-refractivity contribution in [2.24, 2.45) is 0 Å². The van der Waals surface area contributed by atoms with E-state index in [4.69, 9.17) is 0 Å². The highest BCUT2D eigenvalue weighted by Gasteiger charge is 2.27. The van der Waals surface area contributed by atoms with Crippen LogP contribution < -0.4 is 4.74 Å². The Balaban J connectivity index is 2.57. The molecule has 0 saturated heterocycles. The van der Waals surface area contributed by atoms with Crippen LogP contribution in [-0.2, 0) is 0 Å². The fourth-order valence-corrected chi connectivity index (χ4v) is 1.46. The van der Waals surface area contributed by atoms with Crippen molar-refractivity contribution in [1.29, 1.82) is 0 Å². The van der Waals surface area contributed by atoms with E-state index in [2.05, 4.69) is 4.74 Å². The van der Waals surface area contributed by atoms with Crippen LogP contribution in [0.15, 0.2) is 24.3 Å². The lowest BCUT2D eigenvalue weighted by atomic mass is 10.2. The van der Waals surface area contributed by atoms with Crippen molar-refractivity contribution in [2.45, 2.75) is 0 Å². The quantitative estimate of drug-likeness (QED) is 0.369. The van der Waals surface area contributed by atoms with E-state index in [9.17, 15) is 26.7 Å². The molecule has 0 aliphatic heterocycles. The second kappa shape index (κ2) is 5.28. The first-order valence-electron chi connectivity index (χ1n) is 5.20. The topological polar surface area (TPSA) is 26.3 Å². The number of carbonyl (C=O) groups is 1. The Morgan fingerprint density at radius 3 is 1.85 bits per heavy atom. The number of hydrogen-bond acceptors (Lipinski definition) is 2. The third-order valence-corrected chi connectivity index (χ3v) is 2.43. The van der Waals surface area contributed by atoms with Gasteiger partial charge in [-0.05, 0) is 12.1 Å². The normalized spacial score (nSPS) is 10.4. The molecule has 0 aliphatic rings. The fraction of sp³-hybridized carbons (Fsp3) is 0. The van der Waals surface area contributed by atoms with Crippen LogP contribution in [0.3, 0.4) is 0 Å². The third-order valence-electron chi connectivity index (χ3n) is 2.43. The highest BCUT2D eigenvalue weighted by atomic mass is 19.2. The summed E-state index contributed by atoms with van der Waals surface area (Å²) in [5, 5.41) is 0. The molecule has 0 aliphatic carbocycles. The van der Waals surface area contributed by atoms with Gasteiger partial charge < -0.3 is 4.74 Å². The Morgan fingerprint density at radius 1 is 0.800 bits per heavy atom. The maximum Gasteiger partial charge on any atom is 0.207 e. The fourth-order valence-electron chi connectivity index (χ4n) is 1.46. The van der Waals surface area contributed by atoms with Gasteiger partial charge in [-0.3, -0.25) is 4.79 Å². The van der Waals surface area contributed by atoms with Crippen LogP contribution in [0.5, 0.6) is 11.5 Å². The average molecular weight is 288 g/mol. The largest absolute Gasteiger partial charge is 0.450 e. The number of ether oxygens (including phenoxy) is 1. The number of carbonyl (C=O) groups excluding carboxylic acids is 1. The predicted molar refractivity (Wildman–Crippen MR) is 58.1 cm³/mol. The van der Waals surface area contributed by atoms with E-state index in [0.717, 1.165) is 6.07 Å². The predicted octanol–water partition coefficient (Wildman–Crippen LogP) is 3.99. The first-order chi connectivity index (χ1) is 9.47. The van der Waals surface area contributed by atoms with Crippen molar-refractivity contribution in [3.8, 4) is 11.5 Å². The third kappa shape index (κ3) is 2.22. The minimum atomic E-state index is -2.28. The Labute approximate surface area is 109 Å². The van der Waals surface area contributed by atoms with Gasteiger partial charge in [0.2, 0.25) is 34.8 Å². The van der Waals surface area contributed by atoms with Gasteiger partial charge in [0, 0.05) is 0 Å². The Kier molecular flexibility index (Phi) is 3.69. The van der Waals surface area contributed by atoms with Gasteiger partial charge in [-0.15, -0.1) is 0 Å². The van der Waals surface area contributed by atoms with Crippen LogP contribution in [0.25, 0.3) is 0 Å². The lowest BCUT2D eigenvalue weighted by Gasteiger charge is -2.11. The van der Waals surface area contributed by atoms with Crippen LogP contribution >= 0.6 is 0 Å². The molecular weight excluding hydrogens is 283 g/mol. The summed E-state index contributed by atoms with van der Waals surface area (Å²) in [6.45, 7) is 0. The van der Waals surface area contributed by atoms with Crippen molar-refractivity contribution in [3.05, 3.63) is 58.9 Å². The van der Waals surface area contributed by atoms with Gasteiger partial charge in [0.15, 0.2) is 6.29 Å². The van der Waals surface area contributed by atoms with Gasteiger partial charge in [0.05, 0.1) is 5.56 Å². The molecule has 2 rings (SSSR count). The highest BCUT2D eigenvalue weighted by molar-refractivity contribution is 5.79. The Morgan fingerprint density at radius 2 is 1.30 bits per heavy atom. The molecule has 0 unspecified atom stereocenters. The molecule has 104 valence electrons. The van der Waals surface area contributed by atoms with Crippen molar-refractivity contribution < 1.29 is 31.5 Å². The minimum Gasteiger partial charge on any atom is -0.450 e. The van der Waals surface area contributed by atoms with E-state index in [1.54, 1.807) is 0 Å². The van der Waals surface area contributed by atoms with Gasteiger partial charge in [-0.25, -0.2) is 13.2 Å². The molecule has 7 heteroatoms. The number of hydrogen-bond donors (Lipinski definition) is 0. The summed E-state index contributed by atoms with van der Waals surface area (Å²) in [7, 11) is 0. The summed E-state index contributed by atoms with van der Waals surface area (Å²) in [5.74, 6) is -12.5. The molecule has 0 aromatic heterocycles. The van der Waals surface area contributed by atoms with Gasteiger partial charge in [0.1, 0.15) is 5.75 Å². The van der Waals surface area contributed by atoms with E-state index in [-0.39, 0.29) is 11.3 Å². The smallest absolute Gasteiger partial charge is 0.207 e. The summed E-state index contributed by atoms with van der Waals surface area (Å²) in [6, 6.07) is 5.22. The van der Waals surface area contributed by atoms with Crippen LogP contribution in [0.4, 0.5) is 22.0 Å². The Hall–Kier alpha value is -2.44. The molecule has 0 heterocycles. The lowest BCUT2D eigenvalue weighted by Crippen LogP contribution is -2.04. The summed E-state index contributed by atoms with van der Waals surface area (Å²) in [5.41, 5.74) is -0.101. The number of benzene rings is 2. The SMILES string of the molecule is O=Cc1ccccc1Oc1c(F)c(F)c(F)c(F)c1F. The summed E-state index contributed by atoms with van der Waals surface area (Å²) < 4.78 is 70.2. The molecule has 20 heavy (non-hydrogen) atoms. The molecule has 2 aromatic carbocycles. The van der Waals surface area contributed by atoms with Crippen molar-refractivity contribution in [3.63, 3.8) is 0 Å². The summed E-state index contributed by atoms with van der Waals surface area (Å²) >= 11 is 0. The van der Waals surface area contributed by atoms with E-state index >= 15 is 0 Å². The number of rotatable bonds is 3. The number of halogens is 5. The van der Waals surface area contributed by atoms with Crippen LogP contribution in [0.1, 0.15) is 10.4 Å². The minimum absolute atomic E-state index is 0.101. The molecule has 2 aromatic rings. The van der Waals surface area contributed by atoms with Crippen LogP contribution in [-0.4, -0.2) is 6.29 Å². The zero-order valence-electron chi connectivity index (χ0n) is 9.59. The van der Waals surface area contributed by atoms with E-state index in [0.29, 0.717) is 6.29 Å². The average Bonchev–Trinajstić information content (AvgIpc) is 2.48. The van der Waals surface area contributed by atoms with E-state index in [1.807, 2.05) is 0 Å². The molecule has 0 saturated carbocycles. The van der Waals surface area contributed by atoms with Crippen LogP contribution in [0, 0.1) is 29.1 Å². The molecule has 0 bridgehead atoms. The van der Waals surface area contributed by atoms with E-state index in [1.165, 1.54) is 18.2 Å². The maximum absolute atomic E-state index is 13.4. The zero-order valence-corrected chi connectivity index (χ0v) is 9.59. The van der Waals surface area contributed by atoms with Crippen LogP contribution in [0.2, 0.25) is 0 Å². The molecule has 2 nitrogen and oxygen atoms in total. The second-order valence-electron chi connectivity index (χ2n) is 3.66. The van der Waals surface area contributed by atoms with Crippen molar-refractivity contribution in [1.82, 2.24) is 0 Å². The Bertz CT molecular complexity index is 656. The number of aldehydes is 1. The van der Waals surface area contributed by atoms with Gasteiger partial charge >= 0.3 is 0 Å².